The lowest BCUT2D eigenvalue weighted by Crippen LogP contribution is -2.25. The first-order chi connectivity index (χ1) is 12.7. The fourth-order valence-corrected chi connectivity index (χ4v) is 3.68. The fourth-order valence-electron chi connectivity index (χ4n) is 3.47. The van der Waals surface area contributed by atoms with Gasteiger partial charge in [0.2, 0.25) is 5.88 Å². The lowest BCUT2D eigenvalue weighted by atomic mass is 9.86. The molecule has 0 aromatic carbocycles. The maximum atomic E-state index is 6.35. The van der Waals surface area contributed by atoms with Gasteiger partial charge >= 0.3 is 0 Å². The molecule has 3 aromatic heterocycles. The van der Waals surface area contributed by atoms with Crippen molar-refractivity contribution >= 4 is 11.6 Å². The molecule has 0 unspecified atom stereocenters. The number of rotatable bonds is 4. The number of nitrogens with zero attached hydrogens (tertiary/aromatic N) is 5. The number of halogens is 1. The van der Waals surface area contributed by atoms with E-state index in [9.17, 15) is 0 Å². The summed E-state index contributed by atoms with van der Waals surface area (Å²) in [5, 5.41) is 9.30. The molecule has 3 aromatic rings. The molecule has 4 rings (SSSR count). The highest BCUT2D eigenvalue weighted by Gasteiger charge is 2.29. The van der Waals surface area contributed by atoms with Crippen LogP contribution in [-0.4, -0.2) is 30.8 Å². The second kappa shape index (κ2) is 7.41. The van der Waals surface area contributed by atoms with Crippen LogP contribution >= 0.6 is 11.6 Å². The molecular weight excluding hydrogens is 350 g/mol. The average molecular weight is 370 g/mol. The Morgan fingerprint density at radius 2 is 1.81 bits per heavy atom. The molecule has 134 valence electrons. The van der Waals surface area contributed by atoms with Crippen molar-refractivity contribution in [2.45, 2.75) is 44.6 Å². The zero-order valence-electron chi connectivity index (χ0n) is 14.5. The molecule has 1 aliphatic carbocycles. The summed E-state index contributed by atoms with van der Waals surface area (Å²) in [6, 6.07) is 9.39. The zero-order chi connectivity index (χ0) is 17.9. The van der Waals surface area contributed by atoms with Crippen LogP contribution in [0.5, 0.6) is 5.88 Å². The van der Waals surface area contributed by atoms with Crippen LogP contribution in [-0.2, 0) is 0 Å². The number of hydrogen-bond acceptors (Lipinski definition) is 5. The molecule has 1 fully saturated rings. The fraction of sp³-hybridized carbons (Fsp3) is 0.368. The molecule has 1 aliphatic rings. The predicted octanol–water partition coefficient (Wildman–Crippen LogP) is 4.12. The Bertz CT molecular complexity index is 875. The largest absolute Gasteiger partial charge is 0.474 e. The van der Waals surface area contributed by atoms with E-state index in [1.807, 2.05) is 41.8 Å². The highest BCUT2D eigenvalue weighted by Crippen LogP contribution is 2.35. The first-order valence-corrected chi connectivity index (χ1v) is 9.20. The molecule has 0 spiro atoms. The first kappa shape index (κ1) is 17.0. The molecule has 0 saturated heterocycles. The van der Waals surface area contributed by atoms with Gasteiger partial charge in [-0.1, -0.05) is 17.7 Å². The van der Waals surface area contributed by atoms with E-state index in [0.29, 0.717) is 22.6 Å². The minimum atomic E-state index is 0.192. The monoisotopic (exact) mass is 369 g/mol. The van der Waals surface area contributed by atoms with Crippen molar-refractivity contribution in [3.05, 3.63) is 59.4 Å². The normalized spacial score (nSPS) is 20.1. The molecule has 26 heavy (non-hydrogen) atoms. The van der Waals surface area contributed by atoms with Crippen LogP contribution in [0, 0.1) is 6.92 Å². The van der Waals surface area contributed by atoms with Crippen LogP contribution in [0.3, 0.4) is 0 Å². The average Bonchev–Trinajstić information content (AvgIpc) is 3.05. The van der Waals surface area contributed by atoms with Gasteiger partial charge in [-0.3, -0.25) is 4.57 Å². The van der Waals surface area contributed by atoms with Gasteiger partial charge in [-0.2, -0.15) is 0 Å². The smallest absolute Gasteiger partial charge is 0.213 e. The molecule has 7 heteroatoms. The molecule has 0 atom stereocenters. The van der Waals surface area contributed by atoms with Crippen LogP contribution in [0.4, 0.5) is 0 Å². The lowest BCUT2D eigenvalue weighted by molar-refractivity contribution is 0.139. The van der Waals surface area contributed by atoms with E-state index in [4.69, 9.17) is 16.3 Å². The minimum absolute atomic E-state index is 0.192. The van der Waals surface area contributed by atoms with Gasteiger partial charge in [-0.15, -0.1) is 10.2 Å². The Morgan fingerprint density at radius 3 is 2.54 bits per heavy atom. The molecular formula is C19H20ClN5O. The van der Waals surface area contributed by atoms with Gasteiger partial charge in [0, 0.05) is 24.4 Å². The molecule has 6 nitrogen and oxygen atoms in total. The van der Waals surface area contributed by atoms with Crippen LogP contribution in [0.15, 0.2) is 42.7 Å². The second-order valence-corrected chi connectivity index (χ2v) is 6.92. The van der Waals surface area contributed by atoms with Gasteiger partial charge in [-0.25, -0.2) is 9.97 Å². The minimum Gasteiger partial charge on any atom is -0.474 e. The molecule has 0 N–H and O–H groups in total. The SMILES string of the molecule is Cc1nnc(C2CCC(Oc3ccccn3)CC2)n1-c1ncccc1Cl. The summed E-state index contributed by atoms with van der Waals surface area (Å²) in [7, 11) is 0. The van der Waals surface area contributed by atoms with Crippen molar-refractivity contribution < 1.29 is 4.74 Å². The van der Waals surface area contributed by atoms with E-state index in [1.54, 1.807) is 12.4 Å². The summed E-state index contributed by atoms with van der Waals surface area (Å²) in [4.78, 5) is 8.67. The van der Waals surface area contributed by atoms with Crippen LogP contribution < -0.4 is 4.74 Å². The Hall–Kier alpha value is -2.47. The number of hydrogen-bond donors (Lipinski definition) is 0. The second-order valence-electron chi connectivity index (χ2n) is 6.51. The van der Waals surface area contributed by atoms with Gasteiger partial charge in [-0.05, 0) is 50.8 Å². The summed E-state index contributed by atoms with van der Waals surface area (Å²) < 4.78 is 7.97. The maximum absolute atomic E-state index is 6.35. The van der Waals surface area contributed by atoms with Gasteiger partial charge < -0.3 is 4.74 Å². The van der Waals surface area contributed by atoms with Crippen molar-refractivity contribution in [1.29, 1.82) is 0 Å². The first-order valence-electron chi connectivity index (χ1n) is 8.83. The Kier molecular flexibility index (Phi) is 4.84. The molecule has 0 aliphatic heterocycles. The van der Waals surface area contributed by atoms with Crippen molar-refractivity contribution in [3.8, 4) is 11.7 Å². The van der Waals surface area contributed by atoms with E-state index in [-0.39, 0.29) is 6.10 Å². The van der Waals surface area contributed by atoms with Crippen molar-refractivity contribution in [2.24, 2.45) is 0 Å². The summed E-state index contributed by atoms with van der Waals surface area (Å²) in [6.07, 6.45) is 7.58. The molecule has 3 heterocycles. The van der Waals surface area contributed by atoms with E-state index >= 15 is 0 Å². The Morgan fingerprint density at radius 1 is 1.00 bits per heavy atom. The Balaban J connectivity index is 1.50. The van der Waals surface area contributed by atoms with Crippen LogP contribution in [0.25, 0.3) is 5.82 Å². The molecule has 0 radical (unpaired) electrons. The molecule has 0 amide bonds. The van der Waals surface area contributed by atoms with Crippen LogP contribution in [0.2, 0.25) is 5.02 Å². The number of ether oxygens (including phenoxy) is 1. The van der Waals surface area contributed by atoms with E-state index in [2.05, 4.69) is 20.2 Å². The van der Waals surface area contributed by atoms with Gasteiger partial charge in [0.15, 0.2) is 5.82 Å². The van der Waals surface area contributed by atoms with E-state index < -0.39 is 0 Å². The number of aryl methyl sites for hydroxylation is 1. The summed E-state index contributed by atoms with van der Waals surface area (Å²) in [5.74, 6) is 3.43. The third-order valence-electron chi connectivity index (χ3n) is 4.77. The van der Waals surface area contributed by atoms with Crippen molar-refractivity contribution in [1.82, 2.24) is 24.7 Å². The van der Waals surface area contributed by atoms with E-state index in [1.165, 1.54) is 0 Å². The van der Waals surface area contributed by atoms with Crippen molar-refractivity contribution in [3.63, 3.8) is 0 Å². The third-order valence-corrected chi connectivity index (χ3v) is 5.06. The standard InChI is InChI=1S/C19H20ClN5O/c1-13-23-24-18(25(13)19-16(20)5-4-12-22-19)14-7-9-15(10-8-14)26-17-6-2-3-11-21-17/h2-6,11-12,14-15H,7-10H2,1H3. The van der Waals surface area contributed by atoms with Gasteiger partial charge in [0.25, 0.3) is 0 Å². The number of aromatic nitrogens is 5. The molecule has 0 bridgehead atoms. The zero-order valence-corrected chi connectivity index (χ0v) is 15.3. The summed E-state index contributed by atoms with van der Waals surface area (Å²) in [6.45, 7) is 1.93. The topological polar surface area (TPSA) is 65.7 Å². The van der Waals surface area contributed by atoms with Crippen molar-refractivity contribution in [2.75, 3.05) is 0 Å². The predicted molar refractivity (Wildman–Crippen MR) is 98.8 cm³/mol. The summed E-state index contributed by atoms with van der Waals surface area (Å²) >= 11 is 6.35. The highest BCUT2D eigenvalue weighted by atomic mass is 35.5. The Labute approximate surface area is 157 Å². The van der Waals surface area contributed by atoms with E-state index in [0.717, 1.165) is 37.3 Å². The van der Waals surface area contributed by atoms with Gasteiger partial charge in [0.1, 0.15) is 17.8 Å². The number of pyridine rings is 2. The molecule has 1 saturated carbocycles. The van der Waals surface area contributed by atoms with Crippen LogP contribution in [0.1, 0.15) is 43.3 Å². The third kappa shape index (κ3) is 3.42. The maximum Gasteiger partial charge on any atom is 0.213 e. The van der Waals surface area contributed by atoms with Gasteiger partial charge in [0.05, 0.1) is 5.02 Å². The lowest BCUT2D eigenvalue weighted by Gasteiger charge is -2.28. The summed E-state index contributed by atoms with van der Waals surface area (Å²) in [5.41, 5.74) is 0. The highest BCUT2D eigenvalue weighted by molar-refractivity contribution is 6.32. The quantitative estimate of drug-likeness (QED) is 0.692.